The van der Waals surface area contributed by atoms with Crippen LogP contribution in [0.3, 0.4) is 0 Å². The fourth-order valence-electron chi connectivity index (χ4n) is 4.05. The molecule has 0 aliphatic carbocycles. The molecule has 2 aliphatic heterocycles. The minimum absolute atomic E-state index is 0. The number of aliphatic imine (C=N–C) groups is 1. The van der Waals surface area contributed by atoms with E-state index >= 15 is 0 Å². The van der Waals surface area contributed by atoms with E-state index in [0.29, 0.717) is 12.6 Å². The van der Waals surface area contributed by atoms with Crippen molar-refractivity contribution in [1.29, 1.82) is 0 Å². The zero-order valence-electron chi connectivity index (χ0n) is 18.9. The Kier molecular flexibility index (Phi) is 9.84. The highest BCUT2D eigenvalue weighted by Gasteiger charge is 2.32. The summed E-state index contributed by atoms with van der Waals surface area (Å²) in [5, 5.41) is 17.2. The van der Waals surface area contributed by atoms with Crippen molar-refractivity contribution in [3.8, 4) is 0 Å². The van der Waals surface area contributed by atoms with Gasteiger partial charge < -0.3 is 20.5 Å². The molecule has 2 heterocycles. The van der Waals surface area contributed by atoms with E-state index in [-0.39, 0.29) is 35.5 Å². The number of hydrogen-bond donors (Lipinski definition) is 3. The number of morpholine rings is 1. The Labute approximate surface area is 198 Å². The first-order chi connectivity index (χ1) is 13.9. The van der Waals surface area contributed by atoms with Gasteiger partial charge in [-0.05, 0) is 42.9 Å². The third kappa shape index (κ3) is 7.07. The maximum absolute atomic E-state index is 10.6. The monoisotopic (exact) mass is 530 g/mol. The number of fused-ring (bicyclic) bond motifs is 1. The number of ether oxygens (including phenoxy) is 1. The first-order valence-electron chi connectivity index (χ1n) is 11.0. The Bertz CT molecular complexity index is 675. The van der Waals surface area contributed by atoms with Crippen LogP contribution in [0.1, 0.15) is 57.8 Å². The molecule has 3 N–H and O–H groups in total. The summed E-state index contributed by atoms with van der Waals surface area (Å²) in [4.78, 5) is 7.13. The van der Waals surface area contributed by atoms with Crippen molar-refractivity contribution in [2.75, 3.05) is 39.3 Å². The second-order valence-electron chi connectivity index (χ2n) is 9.23. The van der Waals surface area contributed by atoms with Crippen LogP contribution in [0.2, 0.25) is 0 Å². The molecule has 0 saturated carbocycles. The van der Waals surface area contributed by atoms with Gasteiger partial charge in [0.2, 0.25) is 0 Å². The predicted octanol–water partition coefficient (Wildman–Crippen LogP) is 3.05. The predicted molar refractivity (Wildman–Crippen MR) is 134 cm³/mol. The van der Waals surface area contributed by atoms with E-state index in [1.165, 1.54) is 24.9 Å². The van der Waals surface area contributed by atoms with E-state index in [0.717, 1.165) is 37.8 Å². The highest BCUT2D eigenvalue weighted by molar-refractivity contribution is 14.0. The Morgan fingerprint density at radius 3 is 2.67 bits per heavy atom. The second-order valence-corrected chi connectivity index (χ2v) is 9.23. The lowest BCUT2D eigenvalue weighted by Crippen LogP contribution is -2.51. The lowest BCUT2D eigenvalue weighted by atomic mass is 9.86. The number of rotatable bonds is 6. The van der Waals surface area contributed by atoms with Gasteiger partial charge in [0.25, 0.3) is 0 Å². The number of hydrogen-bond acceptors (Lipinski definition) is 4. The molecule has 30 heavy (non-hydrogen) atoms. The Hall–Kier alpha value is -0.900. The first kappa shape index (κ1) is 25.4. The Morgan fingerprint density at radius 2 is 2.00 bits per heavy atom. The normalized spacial score (nSPS) is 23.4. The van der Waals surface area contributed by atoms with Crippen molar-refractivity contribution in [2.45, 2.75) is 64.2 Å². The number of nitrogens with one attached hydrogen (secondary N) is 2. The zero-order valence-corrected chi connectivity index (χ0v) is 21.2. The number of guanidine groups is 1. The summed E-state index contributed by atoms with van der Waals surface area (Å²) in [6.45, 7) is 13.5. The van der Waals surface area contributed by atoms with E-state index < -0.39 is 6.10 Å². The molecule has 6 nitrogen and oxygen atoms in total. The van der Waals surface area contributed by atoms with Gasteiger partial charge in [0, 0.05) is 25.7 Å². The van der Waals surface area contributed by atoms with Crippen molar-refractivity contribution >= 4 is 29.9 Å². The molecule has 0 bridgehead atoms. The Balaban J connectivity index is 0.00000320. The number of halogens is 1. The van der Waals surface area contributed by atoms with Crippen molar-refractivity contribution < 1.29 is 9.84 Å². The second kappa shape index (κ2) is 11.6. The molecule has 0 spiro atoms. The van der Waals surface area contributed by atoms with Gasteiger partial charge in [-0.15, -0.1) is 24.0 Å². The van der Waals surface area contributed by atoms with Crippen LogP contribution >= 0.6 is 24.0 Å². The molecule has 170 valence electrons. The summed E-state index contributed by atoms with van der Waals surface area (Å²) < 4.78 is 6.02. The average molecular weight is 530 g/mol. The summed E-state index contributed by atoms with van der Waals surface area (Å²) in [7, 11) is 0. The van der Waals surface area contributed by atoms with E-state index in [2.05, 4.69) is 53.4 Å². The number of aliphatic hydroxyl groups excluding tert-OH is 1. The molecular weight excluding hydrogens is 491 g/mol. The third-order valence-corrected chi connectivity index (χ3v) is 5.89. The Morgan fingerprint density at radius 1 is 1.27 bits per heavy atom. The van der Waals surface area contributed by atoms with Gasteiger partial charge >= 0.3 is 0 Å². The lowest BCUT2D eigenvalue weighted by Gasteiger charge is -2.35. The molecular formula is C23H39IN4O2. The van der Waals surface area contributed by atoms with Crippen LogP contribution < -0.4 is 10.6 Å². The van der Waals surface area contributed by atoms with Crippen LogP contribution in [0.4, 0.5) is 0 Å². The molecule has 3 atom stereocenters. The summed E-state index contributed by atoms with van der Waals surface area (Å²) >= 11 is 0. The van der Waals surface area contributed by atoms with Crippen LogP contribution in [0.15, 0.2) is 29.3 Å². The third-order valence-electron chi connectivity index (χ3n) is 5.89. The molecule has 0 amide bonds. The van der Waals surface area contributed by atoms with Crippen molar-refractivity contribution in [1.82, 2.24) is 15.5 Å². The van der Waals surface area contributed by atoms with E-state index in [4.69, 9.17) is 4.74 Å². The van der Waals surface area contributed by atoms with Crippen LogP contribution in [0.5, 0.6) is 0 Å². The molecule has 7 heteroatoms. The van der Waals surface area contributed by atoms with Crippen molar-refractivity contribution in [3.05, 3.63) is 35.4 Å². The largest absolute Gasteiger partial charge is 0.386 e. The minimum atomic E-state index is -0.615. The average Bonchev–Trinajstić information content (AvgIpc) is 3.17. The molecule has 2 aliphatic rings. The van der Waals surface area contributed by atoms with Crippen LogP contribution in [-0.4, -0.2) is 67.4 Å². The van der Waals surface area contributed by atoms with Crippen LogP contribution in [0, 0.1) is 0 Å². The van der Waals surface area contributed by atoms with Gasteiger partial charge in [-0.2, -0.15) is 0 Å². The quantitative estimate of drug-likeness (QED) is 0.300. The summed E-state index contributed by atoms with van der Waals surface area (Å²) in [5.41, 5.74) is 2.27. The SMILES string of the molecule is CCNC(=NCC(O)c1ccc(C(C)(C)C)cc1)NCC1CN2CCCC2CO1.I. The highest BCUT2D eigenvalue weighted by atomic mass is 127. The fourth-order valence-corrected chi connectivity index (χ4v) is 4.05. The number of aliphatic hydroxyl groups is 1. The van der Waals surface area contributed by atoms with Gasteiger partial charge in [-0.1, -0.05) is 45.0 Å². The van der Waals surface area contributed by atoms with Gasteiger partial charge in [-0.3, -0.25) is 9.89 Å². The van der Waals surface area contributed by atoms with Gasteiger partial charge in [0.1, 0.15) is 0 Å². The minimum Gasteiger partial charge on any atom is -0.386 e. The van der Waals surface area contributed by atoms with Gasteiger partial charge in [-0.25, -0.2) is 0 Å². The van der Waals surface area contributed by atoms with Crippen LogP contribution in [0.25, 0.3) is 0 Å². The maximum Gasteiger partial charge on any atom is 0.191 e. The first-order valence-corrected chi connectivity index (χ1v) is 11.0. The molecule has 1 aromatic rings. The maximum atomic E-state index is 10.6. The molecule has 0 radical (unpaired) electrons. The standard InChI is InChI=1S/C23H38N4O2.HI/c1-5-24-22(25-13-20-15-27-12-6-7-19(27)16-29-20)26-14-21(28)17-8-10-18(11-9-17)23(2,3)4;/h8-11,19-21,28H,5-7,12-16H2,1-4H3,(H2,24,25,26);1H. The smallest absolute Gasteiger partial charge is 0.191 e. The fraction of sp³-hybridized carbons (Fsp3) is 0.696. The molecule has 3 rings (SSSR count). The molecule has 3 unspecified atom stereocenters. The summed E-state index contributed by atoms with van der Waals surface area (Å²) in [6, 6.07) is 8.82. The topological polar surface area (TPSA) is 69.1 Å². The van der Waals surface area contributed by atoms with Crippen LogP contribution in [-0.2, 0) is 10.2 Å². The number of benzene rings is 1. The summed E-state index contributed by atoms with van der Waals surface area (Å²) in [6.07, 6.45) is 2.12. The lowest BCUT2D eigenvalue weighted by molar-refractivity contribution is -0.0453. The van der Waals surface area contributed by atoms with Crippen molar-refractivity contribution in [3.63, 3.8) is 0 Å². The number of nitrogens with zero attached hydrogens (tertiary/aromatic N) is 2. The summed E-state index contributed by atoms with van der Waals surface area (Å²) in [5.74, 6) is 0.727. The van der Waals surface area contributed by atoms with Gasteiger partial charge in [0.15, 0.2) is 5.96 Å². The zero-order chi connectivity index (χ0) is 20.9. The highest BCUT2D eigenvalue weighted by Crippen LogP contribution is 2.24. The van der Waals surface area contributed by atoms with E-state index in [1.54, 1.807) is 0 Å². The van der Waals surface area contributed by atoms with Gasteiger partial charge in [0.05, 0.1) is 25.4 Å². The van der Waals surface area contributed by atoms with Crippen molar-refractivity contribution in [2.24, 2.45) is 4.99 Å². The van der Waals surface area contributed by atoms with E-state index in [1.807, 2.05) is 19.1 Å². The molecule has 2 saturated heterocycles. The molecule has 1 aromatic carbocycles. The van der Waals surface area contributed by atoms with E-state index in [9.17, 15) is 5.11 Å². The molecule has 0 aromatic heterocycles. The molecule has 2 fully saturated rings.